The molecule has 1 atom stereocenters. The van der Waals surface area contributed by atoms with Crippen LogP contribution in [0.1, 0.15) is 17.4 Å². The average Bonchev–Trinajstić information content (AvgIpc) is 2.94. The Morgan fingerprint density at radius 2 is 1.84 bits per heavy atom. The average molecular weight is 422 g/mol. The van der Waals surface area contributed by atoms with E-state index in [9.17, 15) is 9.59 Å². The third kappa shape index (κ3) is 3.86. The molecule has 0 radical (unpaired) electrons. The van der Waals surface area contributed by atoms with Gasteiger partial charge in [0.25, 0.3) is 5.91 Å². The van der Waals surface area contributed by atoms with Gasteiger partial charge in [-0.05, 0) is 37.3 Å². The Hall–Kier alpha value is -2.31. The van der Waals surface area contributed by atoms with E-state index in [2.05, 4.69) is 26.2 Å². The SMILES string of the molecule is C[C@H](OC(=O)c1[nH]c2ccccc2c1Cl)C(=O)Nc1ccc(Br)cc1. The third-order valence-corrected chi connectivity index (χ3v) is 4.53. The molecule has 0 aliphatic carbocycles. The second kappa shape index (κ2) is 7.29. The molecule has 1 heterocycles. The minimum atomic E-state index is -0.973. The molecule has 1 aromatic heterocycles. The van der Waals surface area contributed by atoms with Gasteiger partial charge in [0.2, 0.25) is 0 Å². The molecule has 0 spiro atoms. The lowest BCUT2D eigenvalue weighted by Crippen LogP contribution is -2.30. The van der Waals surface area contributed by atoms with Crippen LogP contribution >= 0.6 is 27.5 Å². The first-order valence-electron chi connectivity index (χ1n) is 7.49. The van der Waals surface area contributed by atoms with E-state index >= 15 is 0 Å². The Morgan fingerprint density at radius 3 is 2.52 bits per heavy atom. The van der Waals surface area contributed by atoms with E-state index in [0.717, 1.165) is 15.4 Å². The number of hydrogen-bond donors (Lipinski definition) is 2. The van der Waals surface area contributed by atoms with Crippen LogP contribution < -0.4 is 5.32 Å². The van der Waals surface area contributed by atoms with E-state index in [1.807, 2.05) is 18.2 Å². The first-order valence-corrected chi connectivity index (χ1v) is 8.66. The minimum Gasteiger partial charge on any atom is -0.448 e. The summed E-state index contributed by atoms with van der Waals surface area (Å²) in [6.07, 6.45) is -0.973. The zero-order chi connectivity index (χ0) is 18.0. The number of aromatic nitrogens is 1. The van der Waals surface area contributed by atoms with Crippen LogP contribution in [0.3, 0.4) is 0 Å². The van der Waals surface area contributed by atoms with Crippen molar-refractivity contribution in [1.82, 2.24) is 4.98 Å². The highest BCUT2D eigenvalue weighted by Gasteiger charge is 2.23. The molecule has 0 saturated carbocycles. The van der Waals surface area contributed by atoms with Gasteiger partial charge >= 0.3 is 5.97 Å². The minimum absolute atomic E-state index is 0.131. The Labute approximate surface area is 157 Å². The number of para-hydroxylation sites is 1. The molecule has 5 nitrogen and oxygen atoms in total. The molecule has 3 rings (SSSR count). The van der Waals surface area contributed by atoms with Crippen molar-refractivity contribution in [2.24, 2.45) is 0 Å². The van der Waals surface area contributed by atoms with Crippen LogP contribution in [0.4, 0.5) is 5.69 Å². The van der Waals surface area contributed by atoms with Crippen LogP contribution in [-0.4, -0.2) is 23.0 Å². The van der Waals surface area contributed by atoms with E-state index < -0.39 is 18.0 Å². The monoisotopic (exact) mass is 420 g/mol. The van der Waals surface area contributed by atoms with Gasteiger partial charge in [-0.25, -0.2) is 4.79 Å². The number of aromatic amines is 1. The highest BCUT2D eigenvalue weighted by molar-refractivity contribution is 9.10. The number of nitrogens with one attached hydrogen (secondary N) is 2. The third-order valence-electron chi connectivity index (χ3n) is 3.61. The van der Waals surface area contributed by atoms with E-state index in [4.69, 9.17) is 16.3 Å². The summed E-state index contributed by atoms with van der Waals surface area (Å²) in [6.45, 7) is 1.50. The number of rotatable bonds is 4. The van der Waals surface area contributed by atoms with Crippen molar-refractivity contribution < 1.29 is 14.3 Å². The highest BCUT2D eigenvalue weighted by atomic mass is 79.9. The Bertz CT molecular complexity index is 937. The van der Waals surface area contributed by atoms with Crippen LogP contribution in [0.15, 0.2) is 53.0 Å². The maximum atomic E-state index is 12.3. The second-order valence-electron chi connectivity index (χ2n) is 5.40. The molecule has 0 saturated heterocycles. The standard InChI is InChI=1S/C18H14BrClN2O3/c1-10(17(23)21-12-8-6-11(19)7-9-12)25-18(24)16-15(20)13-4-2-3-5-14(13)22-16/h2-10,22H,1H3,(H,21,23)/t10-/m0/s1. The number of hydrogen-bond acceptors (Lipinski definition) is 3. The molecule has 0 fully saturated rings. The summed E-state index contributed by atoms with van der Waals surface area (Å²) >= 11 is 9.54. The van der Waals surface area contributed by atoms with Crippen molar-refractivity contribution in [3.05, 3.63) is 63.7 Å². The fourth-order valence-electron chi connectivity index (χ4n) is 2.30. The molecular weight excluding hydrogens is 408 g/mol. The molecule has 25 heavy (non-hydrogen) atoms. The van der Waals surface area contributed by atoms with E-state index in [-0.39, 0.29) is 10.7 Å². The second-order valence-corrected chi connectivity index (χ2v) is 6.70. The van der Waals surface area contributed by atoms with Gasteiger partial charge in [-0.3, -0.25) is 4.79 Å². The van der Waals surface area contributed by atoms with Gasteiger partial charge in [0, 0.05) is 21.1 Å². The number of anilines is 1. The molecule has 1 amide bonds. The Balaban J connectivity index is 1.69. The smallest absolute Gasteiger partial charge is 0.357 e. The predicted octanol–water partition coefficient (Wildman–Crippen LogP) is 4.77. The van der Waals surface area contributed by atoms with Crippen LogP contribution in [0.25, 0.3) is 10.9 Å². The van der Waals surface area contributed by atoms with E-state index in [1.165, 1.54) is 6.92 Å². The first kappa shape index (κ1) is 17.5. The number of halogens is 2. The van der Waals surface area contributed by atoms with Crippen molar-refractivity contribution >= 4 is 56.0 Å². The summed E-state index contributed by atoms with van der Waals surface area (Å²) in [5, 5.41) is 3.69. The number of benzene rings is 2. The lowest BCUT2D eigenvalue weighted by molar-refractivity contribution is -0.123. The van der Waals surface area contributed by atoms with Crippen LogP contribution in [0.5, 0.6) is 0 Å². The molecule has 3 aromatic rings. The summed E-state index contributed by atoms with van der Waals surface area (Å²) in [7, 11) is 0. The zero-order valence-electron chi connectivity index (χ0n) is 13.2. The Kier molecular flexibility index (Phi) is 5.11. The predicted molar refractivity (Wildman–Crippen MR) is 101 cm³/mol. The maximum absolute atomic E-state index is 12.3. The van der Waals surface area contributed by atoms with Gasteiger partial charge in [-0.2, -0.15) is 0 Å². The van der Waals surface area contributed by atoms with Crippen molar-refractivity contribution in [2.75, 3.05) is 5.32 Å². The van der Waals surface area contributed by atoms with Crippen molar-refractivity contribution in [3.63, 3.8) is 0 Å². The highest BCUT2D eigenvalue weighted by Crippen LogP contribution is 2.27. The number of carbonyl (C=O) groups is 2. The number of esters is 1. The van der Waals surface area contributed by atoms with Crippen LogP contribution in [-0.2, 0) is 9.53 Å². The van der Waals surface area contributed by atoms with Gasteiger partial charge in [0.05, 0.1) is 5.02 Å². The number of H-pyrrole nitrogens is 1. The molecule has 0 bridgehead atoms. The zero-order valence-corrected chi connectivity index (χ0v) is 15.5. The summed E-state index contributed by atoms with van der Waals surface area (Å²) in [5.74, 6) is -1.11. The molecule has 2 aromatic carbocycles. The summed E-state index contributed by atoms with van der Waals surface area (Å²) in [4.78, 5) is 27.4. The van der Waals surface area contributed by atoms with Gasteiger partial charge in [0.1, 0.15) is 5.69 Å². The maximum Gasteiger partial charge on any atom is 0.357 e. The number of amides is 1. The molecular formula is C18H14BrClN2O3. The summed E-state index contributed by atoms with van der Waals surface area (Å²) in [6, 6.07) is 14.4. The molecule has 128 valence electrons. The number of fused-ring (bicyclic) bond motifs is 1. The lowest BCUT2D eigenvalue weighted by Gasteiger charge is -2.13. The fraction of sp³-hybridized carbons (Fsp3) is 0.111. The topological polar surface area (TPSA) is 71.2 Å². The van der Waals surface area contributed by atoms with Gasteiger partial charge in [-0.1, -0.05) is 45.7 Å². The van der Waals surface area contributed by atoms with E-state index in [1.54, 1.807) is 30.3 Å². The first-order chi connectivity index (χ1) is 12.0. The molecule has 0 unspecified atom stereocenters. The summed E-state index contributed by atoms with van der Waals surface area (Å²) in [5.41, 5.74) is 1.47. The van der Waals surface area contributed by atoms with Crippen molar-refractivity contribution in [1.29, 1.82) is 0 Å². The molecule has 2 N–H and O–H groups in total. The summed E-state index contributed by atoms with van der Waals surface area (Å²) < 4.78 is 6.13. The lowest BCUT2D eigenvalue weighted by atomic mass is 10.2. The normalized spacial score (nSPS) is 12.0. The van der Waals surface area contributed by atoms with Crippen LogP contribution in [0.2, 0.25) is 5.02 Å². The quantitative estimate of drug-likeness (QED) is 0.596. The van der Waals surface area contributed by atoms with Gasteiger partial charge < -0.3 is 15.0 Å². The van der Waals surface area contributed by atoms with E-state index in [0.29, 0.717) is 5.69 Å². The Morgan fingerprint density at radius 1 is 1.16 bits per heavy atom. The molecule has 7 heteroatoms. The molecule has 0 aliphatic heterocycles. The number of carbonyl (C=O) groups excluding carboxylic acids is 2. The van der Waals surface area contributed by atoms with Gasteiger partial charge in [-0.15, -0.1) is 0 Å². The largest absolute Gasteiger partial charge is 0.448 e. The molecule has 0 aliphatic rings. The van der Waals surface area contributed by atoms with Gasteiger partial charge in [0.15, 0.2) is 6.10 Å². The number of ether oxygens (including phenoxy) is 1. The van der Waals surface area contributed by atoms with Crippen LogP contribution in [0, 0.1) is 0 Å². The van der Waals surface area contributed by atoms with Crippen molar-refractivity contribution in [3.8, 4) is 0 Å². The van der Waals surface area contributed by atoms with Crippen molar-refractivity contribution in [2.45, 2.75) is 13.0 Å². The fourth-order valence-corrected chi connectivity index (χ4v) is 2.85.